The van der Waals surface area contributed by atoms with Gasteiger partial charge in [-0.15, -0.1) is 0 Å². The Bertz CT molecular complexity index is 1420. The van der Waals surface area contributed by atoms with Crippen LogP contribution in [0.25, 0.3) is 11.1 Å². The molecule has 0 unspecified atom stereocenters. The minimum absolute atomic E-state index is 0.0134. The van der Waals surface area contributed by atoms with Crippen LogP contribution in [0.3, 0.4) is 0 Å². The van der Waals surface area contributed by atoms with E-state index in [0.29, 0.717) is 20.5 Å². The van der Waals surface area contributed by atoms with E-state index < -0.39 is 6.09 Å². The maximum Gasteiger partial charge on any atom is 0.407 e. The molecule has 0 atom stereocenters. The third-order valence-electron chi connectivity index (χ3n) is 5.98. The summed E-state index contributed by atoms with van der Waals surface area (Å²) in [4.78, 5) is 29.1. The van der Waals surface area contributed by atoms with Gasteiger partial charge in [0.1, 0.15) is 11.6 Å². The molecule has 0 aliphatic heterocycles. The molecule has 0 fully saturated rings. The number of aldehydes is 1. The van der Waals surface area contributed by atoms with Crippen LogP contribution in [-0.4, -0.2) is 24.0 Å². The maximum atomic E-state index is 12.7. The summed E-state index contributed by atoms with van der Waals surface area (Å²) >= 11 is 11.3. The van der Waals surface area contributed by atoms with Gasteiger partial charge >= 0.3 is 6.09 Å². The van der Waals surface area contributed by atoms with Gasteiger partial charge in [0.25, 0.3) is 0 Å². The SMILES string of the molecule is O=Cc1cccnc1Sc1c(Cl)cc(Br)cc1CNC(=O)OCC1c2ccccc2-c2ccccc21. The normalized spacial score (nSPS) is 12.1. The van der Waals surface area contributed by atoms with Crippen LogP contribution in [-0.2, 0) is 11.3 Å². The molecule has 36 heavy (non-hydrogen) atoms. The maximum absolute atomic E-state index is 12.7. The fraction of sp³-hybridized carbons (Fsp3) is 0.107. The Morgan fingerprint density at radius 3 is 2.44 bits per heavy atom. The molecule has 4 aromatic rings. The highest BCUT2D eigenvalue weighted by atomic mass is 79.9. The molecule has 1 aliphatic carbocycles. The van der Waals surface area contributed by atoms with Crippen LogP contribution < -0.4 is 5.32 Å². The van der Waals surface area contributed by atoms with Crippen molar-refractivity contribution in [1.82, 2.24) is 10.3 Å². The molecule has 0 saturated carbocycles. The number of ether oxygens (including phenoxy) is 1. The topological polar surface area (TPSA) is 68.3 Å². The zero-order chi connectivity index (χ0) is 25.1. The van der Waals surface area contributed by atoms with Gasteiger partial charge in [0.05, 0.1) is 5.02 Å². The molecule has 0 radical (unpaired) electrons. The van der Waals surface area contributed by atoms with Gasteiger partial charge in [-0.1, -0.05) is 87.8 Å². The molecule has 1 amide bonds. The molecule has 5 nitrogen and oxygen atoms in total. The van der Waals surface area contributed by atoms with Crippen LogP contribution in [0.2, 0.25) is 5.02 Å². The van der Waals surface area contributed by atoms with Crippen LogP contribution in [0.1, 0.15) is 33.0 Å². The third-order valence-corrected chi connectivity index (χ3v) is 8.07. The van der Waals surface area contributed by atoms with Gasteiger partial charge in [0.2, 0.25) is 0 Å². The molecule has 5 rings (SSSR count). The first-order valence-electron chi connectivity index (χ1n) is 11.2. The number of halogens is 2. The van der Waals surface area contributed by atoms with Crippen molar-refractivity contribution in [3.8, 4) is 11.1 Å². The van der Waals surface area contributed by atoms with E-state index in [1.165, 1.54) is 22.9 Å². The van der Waals surface area contributed by atoms with Crippen LogP contribution in [0.5, 0.6) is 0 Å². The average molecular weight is 580 g/mol. The number of hydrogen-bond donors (Lipinski definition) is 1. The molecule has 3 aromatic carbocycles. The van der Waals surface area contributed by atoms with Gasteiger partial charge < -0.3 is 10.1 Å². The van der Waals surface area contributed by atoms with Gasteiger partial charge in [-0.05, 0) is 52.1 Å². The standard InChI is InChI=1S/C28H20BrClN2O3S/c29-19-12-18(26(25(30)13-19)36-27-17(15-33)6-5-11-31-27)14-32-28(34)35-16-24-22-9-3-1-7-20(22)21-8-2-4-10-23(21)24/h1-13,15,24H,14,16H2,(H,32,34). The minimum atomic E-state index is -0.518. The van der Waals surface area contributed by atoms with Crippen molar-refractivity contribution in [2.45, 2.75) is 22.4 Å². The molecule has 0 saturated heterocycles. The second-order valence-electron chi connectivity index (χ2n) is 8.17. The lowest BCUT2D eigenvalue weighted by atomic mass is 9.98. The van der Waals surface area contributed by atoms with E-state index in [1.54, 1.807) is 24.4 Å². The number of carbonyl (C=O) groups is 2. The number of amides is 1. The number of carbonyl (C=O) groups excluding carboxylic acids is 2. The second-order valence-corrected chi connectivity index (χ2v) is 10.5. The first-order valence-corrected chi connectivity index (χ1v) is 13.2. The van der Waals surface area contributed by atoms with Gasteiger partial charge in [-0.2, -0.15) is 0 Å². The molecular formula is C28H20BrClN2O3S. The van der Waals surface area contributed by atoms with Gasteiger partial charge in [0.15, 0.2) is 6.29 Å². The van der Waals surface area contributed by atoms with Crippen molar-refractivity contribution >= 4 is 51.7 Å². The number of benzene rings is 3. The summed E-state index contributed by atoms with van der Waals surface area (Å²) in [5.74, 6) is -0.0134. The lowest BCUT2D eigenvalue weighted by molar-refractivity contribution is 0.112. The number of alkyl carbamates (subject to hydrolysis) is 1. The Morgan fingerprint density at radius 2 is 1.75 bits per heavy atom. The quantitative estimate of drug-likeness (QED) is 0.230. The Morgan fingerprint density at radius 1 is 1.06 bits per heavy atom. The largest absolute Gasteiger partial charge is 0.449 e. The fourth-order valence-corrected chi connectivity index (χ4v) is 6.30. The number of hydrogen-bond acceptors (Lipinski definition) is 5. The third kappa shape index (κ3) is 5.05. The Labute approximate surface area is 226 Å². The lowest BCUT2D eigenvalue weighted by Crippen LogP contribution is -2.26. The predicted octanol–water partition coefficient (Wildman–Crippen LogP) is 7.50. The summed E-state index contributed by atoms with van der Waals surface area (Å²) < 4.78 is 6.43. The number of nitrogens with zero attached hydrogens (tertiary/aromatic N) is 1. The summed E-state index contributed by atoms with van der Waals surface area (Å²) in [7, 11) is 0. The van der Waals surface area contributed by atoms with Crippen molar-refractivity contribution in [3.63, 3.8) is 0 Å². The van der Waals surface area contributed by atoms with E-state index in [-0.39, 0.29) is 19.1 Å². The average Bonchev–Trinajstić information content (AvgIpc) is 3.22. The van der Waals surface area contributed by atoms with E-state index in [0.717, 1.165) is 27.4 Å². The highest BCUT2D eigenvalue weighted by Crippen LogP contribution is 2.44. The number of fused-ring (bicyclic) bond motifs is 3. The molecule has 1 N–H and O–H groups in total. The first kappa shape index (κ1) is 24.6. The second kappa shape index (κ2) is 10.9. The van der Waals surface area contributed by atoms with Crippen molar-refractivity contribution in [1.29, 1.82) is 0 Å². The molecule has 1 aliphatic rings. The predicted molar refractivity (Wildman–Crippen MR) is 145 cm³/mol. The summed E-state index contributed by atoms with van der Waals surface area (Å²) in [6.45, 7) is 0.429. The summed E-state index contributed by atoms with van der Waals surface area (Å²) in [5.41, 5.74) is 5.91. The molecule has 0 bridgehead atoms. The molecular weight excluding hydrogens is 560 g/mol. The Hall–Kier alpha value is -3.13. The van der Waals surface area contributed by atoms with Crippen LogP contribution in [0.15, 0.2) is 93.4 Å². The van der Waals surface area contributed by atoms with E-state index in [9.17, 15) is 9.59 Å². The molecule has 8 heteroatoms. The van der Waals surface area contributed by atoms with Gasteiger partial charge in [-0.3, -0.25) is 4.79 Å². The zero-order valence-electron chi connectivity index (χ0n) is 18.9. The number of aromatic nitrogens is 1. The van der Waals surface area contributed by atoms with Crippen molar-refractivity contribution in [3.05, 3.63) is 111 Å². The summed E-state index contributed by atoms with van der Waals surface area (Å²) in [6, 6.07) is 23.5. The van der Waals surface area contributed by atoms with Crippen LogP contribution >= 0.6 is 39.3 Å². The first-order chi connectivity index (χ1) is 17.5. The van der Waals surface area contributed by atoms with Crippen LogP contribution in [0.4, 0.5) is 4.79 Å². The number of pyridine rings is 1. The highest BCUT2D eigenvalue weighted by Gasteiger charge is 2.29. The highest BCUT2D eigenvalue weighted by molar-refractivity contribution is 9.10. The van der Waals surface area contributed by atoms with Crippen molar-refractivity contribution in [2.75, 3.05) is 6.61 Å². The Kier molecular flexibility index (Phi) is 7.41. The number of nitrogens with one attached hydrogen (secondary N) is 1. The lowest BCUT2D eigenvalue weighted by Gasteiger charge is -2.16. The minimum Gasteiger partial charge on any atom is -0.449 e. The summed E-state index contributed by atoms with van der Waals surface area (Å²) in [6.07, 6.45) is 1.86. The van der Waals surface area contributed by atoms with E-state index in [4.69, 9.17) is 16.3 Å². The van der Waals surface area contributed by atoms with E-state index in [2.05, 4.69) is 50.5 Å². The van der Waals surface area contributed by atoms with Gasteiger partial charge in [-0.25, -0.2) is 9.78 Å². The molecule has 0 spiro atoms. The smallest absolute Gasteiger partial charge is 0.407 e. The van der Waals surface area contributed by atoms with E-state index >= 15 is 0 Å². The molecule has 1 aromatic heterocycles. The number of rotatable bonds is 7. The zero-order valence-corrected chi connectivity index (χ0v) is 22.1. The van der Waals surface area contributed by atoms with Gasteiger partial charge in [0, 0.05) is 33.6 Å². The van der Waals surface area contributed by atoms with E-state index in [1.807, 2.05) is 30.3 Å². The Balaban J connectivity index is 1.29. The van der Waals surface area contributed by atoms with Crippen molar-refractivity contribution in [2.24, 2.45) is 0 Å². The molecule has 1 heterocycles. The van der Waals surface area contributed by atoms with Crippen molar-refractivity contribution < 1.29 is 14.3 Å². The summed E-state index contributed by atoms with van der Waals surface area (Å²) in [5, 5.41) is 3.86. The fourth-order valence-electron chi connectivity index (χ4n) is 4.35. The molecule has 180 valence electrons. The van der Waals surface area contributed by atoms with Crippen LogP contribution in [0, 0.1) is 0 Å². The monoisotopic (exact) mass is 578 g/mol.